The Bertz CT molecular complexity index is 893. The third-order valence-corrected chi connectivity index (χ3v) is 6.19. The first-order chi connectivity index (χ1) is 11.8. The molecule has 1 aromatic heterocycles. The molecule has 2 aromatic rings. The van der Waals surface area contributed by atoms with Crippen molar-refractivity contribution in [3.63, 3.8) is 0 Å². The van der Waals surface area contributed by atoms with Crippen LogP contribution in [0.5, 0.6) is 0 Å². The molecule has 2 heterocycles. The molecule has 1 spiro atoms. The van der Waals surface area contributed by atoms with Gasteiger partial charge < -0.3 is 9.84 Å². The number of rotatable bonds is 4. The second-order valence-corrected chi connectivity index (χ2v) is 9.03. The predicted octanol–water partition coefficient (Wildman–Crippen LogP) is 1.50. The quantitative estimate of drug-likeness (QED) is 0.891. The van der Waals surface area contributed by atoms with Crippen molar-refractivity contribution in [2.75, 3.05) is 19.3 Å². The number of hydrogen-bond acceptors (Lipinski definition) is 5. The lowest BCUT2D eigenvalue weighted by molar-refractivity contribution is -0.0316. The van der Waals surface area contributed by atoms with E-state index < -0.39 is 10.0 Å². The number of nitrogens with zero attached hydrogens (tertiary/aromatic N) is 2. The predicted molar refractivity (Wildman–Crippen MR) is 91.3 cm³/mol. The number of carbonyl (C=O) groups excluding carboxylic acids is 1. The zero-order valence-electron chi connectivity index (χ0n) is 13.8. The highest BCUT2D eigenvalue weighted by Crippen LogP contribution is 2.49. The third kappa shape index (κ3) is 3.07. The first kappa shape index (κ1) is 16.3. The van der Waals surface area contributed by atoms with Crippen LogP contribution in [0.2, 0.25) is 0 Å². The minimum absolute atomic E-state index is 0.0393. The molecule has 1 aromatic carbocycles. The molecule has 1 amide bonds. The van der Waals surface area contributed by atoms with E-state index >= 15 is 0 Å². The van der Waals surface area contributed by atoms with Crippen molar-refractivity contribution in [3.8, 4) is 11.3 Å². The zero-order chi connectivity index (χ0) is 17.7. The van der Waals surface area contributed by atoms with Gasteiger partial charge in [0.25, 0.3) is 5.91 Å². The van der Waals surface area contributed by atoms with Crippen LogP contribution in [0.1, 0.15) is 23.4 Å². The Morgan fingerprint density at radius 3 is 2.60 bits per heavy atom. The molecule has 0 bridgehead atoms. The highest BCUT2D eigenvalue weighted by Gasteiger charge is 2.55. The van der Waals surface area contributed by atoms with Gasteiger partial charge >= 0.3 is 0 Å². The fourth-order valence-corrected chi connectivity index (χ4v) is 4.68. The van der Waals surface area contributed by atoms with Gasteiger partial charge in [0.1, 0.15) is 5.69 Å². The van der Waals surface area contributed by atoms with Crippen LogP contribution in [-0.2, 0) is 10.0 Å². The first-order valence-electron chi connectivity index (χ1n) is 8.13. The lowest BCUT2D eigenvalue weighted by Crippen LogP contribution is -2.67. The number of nitrogens with one attached hydrogen (secondary N) is 1. The van der Waals surface area contributed by atoms with Gasteiger partial charge in [-0.2, -0.15) is 0 Å². The molecule has 7 nitrogen and oxygen atoms in total. The highest BCUT2D eigenvalue weighted by atomic mass is 32.2. The molecule has 0 radical (unpaired) electrons. The lowest BCUT2D eigenvalue weighted by Gasteiger charge is -2.58. The standard InChI is InChI=1S/C17H19N3O4S/c1-25(22,23)20-10-17(11-20)8-13(9-17)18-16(21)15-7-14(19-24-15)12-5-3-2-4-6-12/h2-7,13H,8-11H2,1H3,(H,18,21). The maximum absolute atomic E-state index is 12.3. The number of amides is 1. The van der Waals surface area contributed by atoms with Gasteiger partial charge in [-0.05, 0) is 12.8 Å². The van der Waals surface area contributed by atoms with Crippen molar-refractivity contribution in [2.45, 2.75) is 18.9 Å². The van der Waals surface area contributed by atoms with Gasteiger partial charge in [0.2, 0.25) is 15.8 Å². The van der Waals surface area contributed by atoms with E-state index in [1.54, 1.807) is 6.07 Å². The van der Waals surface area contributed by atoms with E-state index in [9.17, 15) is 13.2 Å². The molecule has 2 aliphatic rings. The summed E-state index contributed by atoms with van der Waals surface area (Å²) >= 11 is 0. The second-order valence-electron chi connectivity index (χ2n) is 7.05. The van der Waals surface area contributed by atoms with E-state index in [0.717, 1.165) is 18.4 Å². The molecule has 0 atom stereocenters. The van der Waals surface area contributed by atoms with Crippen molar-refractivity contribution >= 4 is 15.9 Å². The smallest absolute Gasteiger partial charge is 0.290 e. The normalized spacial score (nSPS) is 20.0. The first-order valence-corrected chi connectivity index (χ1v) is 9.98. The largest absolute Gasteiger partial charge is 0.350 e. The molecular formula is C17H19N3O4S. The van der Waals surface area contributed by atoms with E-state index in [4.69, 9.17) is 4.52 Å². The lowest BCUT2D eigenvalue weighted by atomic mass is 9.61. The Morgan fingerprint density at radius 2 is 1.96 bits per heavy atom. The molecule has 8 heteroatoms. The second kappa shape index (κ2) is 5.67. The molecule has 1 aliphatic heterocycles. The van der Waals surface area contributed by atoms with Gasteiger partial charge in [0, 0.05) is 36.2 Å². The minimum Gasteiger partial charge on any atom is -0.350 e. The average molecular weight is 361 g/mol. The minimum atomic E-state index is -3.10. The molecule has 0 unspecified atom stereocenters. The van der Waals surface area contributed by atoms with E-state index in [-0.39, 0.29) is 23.1 Å². The van der Waals surface area contributed by atoms with Crippen LogP contribution in [0, 0.1) is 5.41 Å². The van der Waals surface area contributed by atoms with E-state index in [2.05, 4.69) is 10.5 Å². The van der Waals surface area contributed by atoms with Crippen LogP contribution in [0.3, 0.4) is 0 Å². The molecule has 1 saturated heterocycles. The summed E-state index contributed by atoms with van der Waals surface area (Å²) in [6, 6.07) is 11.2. The Balaban J connectivity index is 1.32. The average Bonchev–Trinajstić information content (AvgIpc) is 2.97. The highest BCUT2D eigenvalue weighted by molar-refractivity contribution is 7.88. The Kier molecular flexibility index (Phi) is 3.69. The molecular weight excluding hydrogens is 342 g/mol. The summed E-state index contributed by atoms with van der Waals surface area (Å²) in [6.45, 7) is 1.11. The van der Waals surface area contributed by atoms with Crippen molar-refractivity contribution in [1.29, 1.82) is 0 Å². The van der Waals surface area contributed by atoms with Gasteiger partial charge in [-0.3, -0.25) is 4.79 Å². The van der Waals surface area contributed by atoms with Gasteiger partial charge in [-0.25, -0.2) is 12.7 Å². The van der Waals surface area contributed by atoms with Crippen molar-refractivity contribution in [3.05, 3.63) is 42.2 Å². The fourth-order valence-electron chi connectivity index (χ4n) is 3.67. The molecule has 1 aliphatic carbocycles. The summed E-state index contributed by atoms with van der Waals surface area (Å²) in [4.78, 5) is 12.3. The van der Waals surface area contributed by atoms with Crippen LogP contribution in [0.25, 0.3) is 11.3 Å². The summed E-state index contributed by atoms with van der Waals surface area (Å²) in [6.07, 6.45) is 2.82. The third-order valence-electron chi connectivity index (χ3n) is 4.99. The van der Waals surface area contributed by atoms with Gasteiger partial charge in [-0.1, -0.05) is 35.5 Å². The van der Waals surface area contributed by atoms with Gasteiger partial charge in [0.05, 0.1) is 6.26 Å². The van der Waals surface area contributed by atoms with E-state index in [0.29, 0.717) is 18.8 Å². The van der Waals surface area contributed by atoms with Gasteiger partial charge in [0.15, 0.2) is 0 Å². The van der Waals surface area contributed by atoms with Crippen molar-refractivity contribution in [1.82, 2.24) is 14.8 Å². The topological polar surface area (TPSA) is 92.5 Å². The van der Waals surface area contributed by atoms with Crippen LogP contribution < -0.4 is 5.32 Å². The molecule has 132 valence electrons. The summed E-state index contributed by atoms with van der Waals surface area (Å²) in [5, 5.41) is 6.88. The van der Waals surface area contributed by atoms with Crippen LogP contribution in [0.4, 0.5) is 0 Å². The Hall–Kier alpha value is -2.19. The molecule has 1 N–H and O–H groups in total. The molecule has 25 heavy (non-hydrogen) atoms. The summed E-state index contributed by atoms with van der Waals surface area (Å²) in [7, 11) is -3.10. The summed E-state index contributed by atoms with van der Waals surface area (Å²) < 4.78 is 29.5. The summed E-state index contributed by atoms with van der Waals surface area (Å²) in [5.74, 6) is -0.0972. The monoisotopic (exact) mass is 361 g/mol. The maximum atomic E-state index is 12.3. The van der Waals surface area contributed by atoms with Crippen LogP contribution in [0.15, 0.2) is 40.9 Å². The number of aromatic nitrogens is 1. The molecule has 4 rings (SSSR count). The molecule has 2 fully saturated rings. The van der Waals surface area contributed by atoms with Crippen LogP contribution in [-0.4, -0.2) is 49.2 Å². The van der Waals surface area contributed by atoms with Crippen molar-refractivity contribution < 1.29 is 17.7 Å². The van der Waals surface area contributed by atoms with E-state index in [1.165, 1.54) is 10.6 Å². The number of carbonyl (C=O) groups is 1. The number of benzene rings is 1. The van der Waals surface area contributed by atoms with Crippen LogP contribution >= 0.6 is 0 Å². The van der Waals surface area contributed by atoms with Gasteiger partial charge in [-0.15, -0.1) is 0 Å². The molecule has 1 saturated carbocycles. The SMILES string of the molecule is CS(=O)(=O)N1CC2(CC(NC(=O)c3cc(-c4ccccc4)no3)C2)C1. The fraction of sp³-hybridized carbons (Fsp3) is 0.412. The maximum Gasteiger partial charge on any atom is 0.290 e. The summed E-state index contributed by atoms with van der Waals surface area (Å²) in [5.41, 5.74) is 1.55. The van der Waals surface area contributed by atoms with E-state index in [1.807, 2.05) is 30.3 Å². The van der Waals surface area contributed by atoms with Crippen molar-refractivity contribution in [2.24, 2.45) is 5.41 Å². The Labute approximate surface area is 146 Å². The Morgan fingerprint density at radius 1 is 1.28 bits per heavy atom. The number of sulfonamides is 1. The number of hydrogen-bond donors (Lipinski definition) is 1. The zero-order valence-corrected chi connectivity index (χ0v) is 14.6.